The standard InChI is InChI=1S/C17H29NS/c1-5-11-18-16(4)8-6-7-12-19-17-10-9-14(2)15(3)13-17/h9-10,13,16,18H,5-8,11-12H2,1-4H3. The zero-order chi connectivity index (χ0) is 14.1. The number of benzene rings is 1. The van der Waals surface area contributed by atoms with Crippen LogP contribution in [-0.2, 0) is 0 Å². The topological polar surface area (TPSA) is 12.0 Å². The van der Waals surface area contributed by atoms with Crippen LogP contribution < -0.4 is 5.32 Å². The molecular weight excluding hydrogens is 250 g/mol. The van der Waals surface area contributed by atoms with Crippen LogP contribution in [0.25, 0.3) is 0 Å². The molecule has 0 fully saturated rings. The first-order valence-electron chi connectivity index (χ1n) is 7.57. The summed E-state index contributed by atoms with van der Waals surface area (Å²) in [5.74, 6) is 1.24. The van der Waals surface area contributed by atoms with E-state index in [-0.39, 0.29) is 0 Å². The van der Waals surface area contributed by atoms with Crippen LogP contribution in [0.1, 0.15) is 50.7 Å². The van der Waals surface area contributed by atoms with Crippen LogP contribution in [0.4, 0.5) is 0 Å². The molecular formula is C17H29NS. The van der Waals surface area contributed by atoms with Gasteiger partial charge in [-0.15, -0.1) is 11.8 Å². The van der Waals surface area contributed by atoms with E-state index in [9.17, 15) is 0 Å². The molecule has 0 bridgehead atoms. The van der Waals surface area contributed by atoms with Crippen LogP contribution in [-0.4, -0.2) is 18.3 Å². The van der Waals surface area contributed by atoms with Crippen LogP contribution in [0.15, 0.2) is 23.1 Å². The molecule has 1 unspecified atom stereocenters. The van der Waals surface area contributed by atoms with Gasteiger partial charge in [-0.25, -0.2) is 0 Å². The summed E-state index contributed by atoms with van der Waals surface area (Å²) in [7, 11) is 0. The number of thioether (sulfide) groups is 1. The molecule has 1 N–H and O–H groups in total. The lowest BCUT2D eigenvalue weighted by molar-refractivity contribution is 0.496. The maximum absolute atomic E-state index is 3.55. The second-order valence-corrected chi connectivity index (χ2v) is 6.61. The average molecular weight is 279 g/mol. The Kier molecular flexibility index (Phi) is 8.24. The minimum Gasteiger partial charge on any atom is -0.314 e. The van der Waals surface area contributed by atoms with Gasteiger partial charge in [-0.05, 0) is 75.6 Å². The van der Waals surface area contributed by atoms with E-state index in [2.05, 4.69) is 51.2 Å². The quantitative estimate of drug-likeness (QED) is 0.507. The fourth-order valence-electron chi connectivity index (χ4n) is 2.04. The molecule has 0 aliphatic carbocycles. The van der Waals surface area contributed by atoms with Gasteiger partial charge in [0.2, 0.25) is 0 Å². The predicted octanol–water partition coefficient (Wildman–Crippen LogP) is 4.95. The van der Waals surface area contributed by atoms with Crippen molar-refractivity contribution in [2.45, 2.75) is 64.3 Å². The summed E-state index contributed by atoms with van der Waals surface area (Å²) in [6.07, 6.45) is 5.17. The van der Waals surface area contributed by atoms with Gasteiger partial charge in [-0.3, -0.25) is 0 Å². The largest absolute Gasteiger partial charge is 0.314 e. The highest BCUT2D eigenvalue weighted by molar-refractivity contribution is 7.99. The van der Waals surface area contributed by atoms with Gasteiger partial charge in [-0.1, -0.05) is 19.4 Å². The second kappa shape index (κ2) is 9.44. The summed E-state index contributed by atoms with van der Waals surface area (Å²) in [5.41, 5.74) is 2.79. The van der Waals surface area contributed by atoms with Crippen LogP contribution in [0.3, 0.4) is 0 Å². The van der Waals surface area contributed by atoms with Crippen LogP contribution in [0.2, 0.25) is 0 Å². The minimum atomic E-state index is 0.673. The molecule has 0 aromatic heterocycles. The minimum absolute atomic E-state index is 0.673. The summed E-state index contributed by atoms with van der Waals surface area (Å²) >= 11 is 1.99. The Morgan fingerprint density at radius 3 is 2.63 bits per heavy atom. The van der Waals surface area contributed by atoms with Gasteiger partial charge in [0.15, 0.2) is 0 Å². The Labute approximate surface area is 123 Å². The molecule has 1 aromatic rings. The number of nitrogens with one attached hydrogen (secondary N) is 1. The van der Waals surface area contributed by atoms with Gasteiger partial charge in [0.1, 0.15) is 0 Å². The maximum Gasteiger partial charge on any atom is 0.00747 e. The first-order valence-corrected chi connectivity index (χ1v) is 8.55. The van der Waals surface area contributed by atoms with Gasteiger partial charge >= 0.3 is 0 Å². The van der Waals surface area contributed by atoms with E-state index in [0.29, 0.717) is 6.04 Å². The third kappa shape index (κ3) is 7.03. The SMILES string of the molecule is CCCNC(C)CCCCSc1ccc(C)c(C)c1. The maximum atomic E-state index is 3.55. The van der Waals surface area contributed by atoms with Crippen molar-refractivity contribution in [3.05, 3.63) is 29.3 Å². The molecule has 0 spiro atoms. The van der Waals surface area contributed by atoms with E-state index >= 15 is 0 Å². The zero-order valence-electron chi connectivity index (χ0n) is 13.0. The van der Waals surface area contributed by atoms with Gasteiger partial charge in [0.05, 0.1) is 0 Å². The fraction of sp³-hybridized carbons (Fsp3) is 0.647. The van der Waals surface area contributed by atoms with E-state index in [4.69, 9.17) is 0 Å². The Morgan fingerprint density at radius 2 is 1.95 bits per heavy atom. The van der Waals surface area contributed by atoms with E-state index in [1.165, 1.54) is 47.5 Å². The molecule has 0 saturated heterocycles. The Hall–Kier alpha value is -0.470. The lowest BCUT2D eigenvalue weighted by atomic mass is 10.1. The molecule has 1 rings (SSSR count). The van der Waals surface area contributed by atoms with E-state index in [1.807, 2.05) is 11.8 Å². The van der Waals surface area contributed by atoms with Crippen LogP contribution >= 0.6 is 11.8 Å². The van der Waals surface area contributed by atoms with Crippen molar-refractivity contribution in [3.8, 4) is 0 Å². The number of aryl methyl sites for hydroxylation is 2. The fourth-order valence-corrected chi connectivity index (χ4v) is 3.05. The van der Waals surface area contributed by atoms with Crippen molar-refractivity contribution in [1.29, 1.82) is 0 Å². The van der Waals surface area contributed by atoms with Gasteiger partial charge in [0.25, 0.3) is 0 Å². The smallest absolute Gasteiger partial charge is 0.00747 e. The first-order chi connectivity index (χ1) is 9.13. The average Bonchev–Trinajstić information content (AvgIpc) is 2.40. The lowest BCUT2D eigenvalue weighted by Gasteiger charge is -2.12. The lowest BCUT2D eigenvalue weighted by Crippen LogP contribution is -2.26. The van der Waals surface area contributed by atoms with Gasteiger partial charge in [-0.2, -0.15) is 0 Å². The van der Waals surface area contributed by atoms with Gasteiger partial charge < -0.3 is 5.32 Å². The monoisotopic (exact) mass is 279 g/mol. The highest BCUT2D eigenvalue weighted by atomic mass is 32.2. The van der Waals surface area contributed by atoms with Crippen molar-refractivity contribution < 1.29 is 0 Å². The van der Waals surface area contributed by atoms with Gasteiger partial charge in [0, 0.05) is 10.9 Å². The molecule has 0 aliphatic rings. The summed E-state index contributed by atoms with van der Waals surface area (Å²) in [6.45, 7) is 10.0. The summed E-state index contributed by atoms with van der Waals surface area (Å²) < 4.78 is 0. The van der Waals surface area contributed by atoms with Crippen molar-refractivity contribution in [2.75, 3.05) is 12.3 Å². The normalized spacial score (nSPS) is 12.6. The number of hydrogen-bond donors (Lipinski definition) is 1. The molecule has 0 heterocycles. The van der Waals surface area contributed by atoms with Crippen molar-refractivity contribution in [2.24, 2.45) is 0 Å². The molecule has 0 radical (unpaired) electrons. The molecule has 108 valence electrons. The number of unbranched alkanes of at least 4 members (excludes halogenated alkanes) is 1. The molecule has 1 atom stereocenters. The summed E-state index contributed by atoms with van der Waals surface area (Å²) in [5, 5.41) is 3.55. The predicted molar refractivity (Wildman–Crippen MR) is 88.2 cm³/mol. The molecule has 0 saturated carbocycles. The zero-order valence-corrected chi connectivity index (χ0v) is 13.8. The van der Waals surface area contributed by atoms with Crippen molar-refractivity contribution in [1.82, 2.24) is 5.32 Å². The Bertz CT molecular complexity index is 362. The van der Waals surface area contributed by atoms with E-state index in [0.717, 1.165) is 6.54 Å². The van der Waals surface area contributed by atoms with E-state index in [1.54, 1.807) is 0 Å². The van der Waals surface area contributed by atoms with E-state index < -0.39 is 0 Å². The van der Waals surface area contributed by atoms with Crippen molar-refractivity contribution in [3.63, 3.8) is 0 Å². The molecule has 1 aromatic carbocycles. The van der Waals surface area contributed by atoms with Crippen LogP contribution in [0.5, 0.6) is 0 Å². The molecule has 2 heteroatoms. The number of hydrogen-bond acceptors (Lipinski definition) is 2. The highest BCUT2D eigenvalue weighted by Gasteiger charge is 2.01. The molecule has 0 aliphatic heterocycles. The second-order valence-electron chi connectivity index (χ2n) is 5.45. The third-order valence-corrected chi connectivity index (χ3v) is 4.60. The summed E-state index contributed by atoms with van der Waals surface area (Å²) in [4.78, 5) is 1.42. The highest BCUT2D eigenvalue weighted by Crippen LogP contribution is 2.22. The van der Waals surface area contributed by atoms with Crippen molar-refractivity contribution >= 4 is 11.8 Å². The summed E-state index contributed by atoms with van der Waals surface area (Å²) in [6, 6.07) is 7.46. The molecule has 19 heavy (non-hydrogen) atoms. The third-order valence-electron chi connectivity index (χ3n) is 3.52. The molecule has 0 amide bonds. The Morgan fingerprint density at radius 1 is 1.16 bits per heavy atom. The van der Waals surface area contributed by atoms with Crippen LogP contribution in [0, 0.1) is 13.8 Å². The first kappa shape index (κ1) is 16.6. The molecule has 1 nitrogen and oxygen atoms in total. The Balaban J connectivity index is 2.12. The number of rotatable bonds is 9.